The molecule has 1 aromatic heterocycles. The van der Waals surface area contributed by atoms with Crippen LogP contribution in [0.4, 0.5) is 10.2 Å². The number of rotatable bonds is 2. The summed E-state index contributed by atoms with van der Waals surface area (Å²) < 4.78 is 15.5. The highest BCUT2D eigenvalue weighted by molar-refractivity contribution is 5.66. The maximum absolute atomic E-state index is 13.8. The lowest BCUT2D eigenvalue weighted by Crippen LogP contribution is -2.00. The second-order valence-electron chi connectivity index (χ2n) is 5.01. The fourth-order valence-corrected chi connectivity index (χ4v) is 2.25. The van der Waals surface area contributed by atoms with Crippen molar-refractivity contribution >= 4 is 5.82 Å². The Morgan fingerprint density at radius 2 is 1.86 bits per heavy atom. The average molecular weight is 292 g/mol. The van der Waals surface area contributed by atoms with Crippen molar-refractivity contribution in [2.75, 3.05) is 5.73 Å². The predicted octanol–water partition coefficient (Wildman–Crippen LogP) is 3.44. The normalized spacial score (nSPS) is 10.4. The summed E-state index contributed by atoms with van der Waals surface area (Å²) in [5.41, 5.74) is 9.06. The zero-order valence-corrected chi connectivity index (χ0v) is 11.9. The van der Waals surface area contributed by atoms with E-state index >= 15 is 0 Å². The largest absolute Gasteiger partial charge is 0.382 e. The molecule has 3 rings (SSSR count). The second kappa shape index (κ2) is 5.34. The molecule has 0 aliphatic carbocycles. The molecule has 4 nitrogen and oxygen atoms in total. The van der Waals surface area contributed by atoms with Gasteiger partial charge < -0.3 is 5.73 Å². The molecule has 108 valence electrons. The Kier molecular flexibility index (Phi) is 3.36. The summed E-state index contributed by atoms with van der Waals surface area (Å²) >= 11 is 0. The van der Waals surface area contributed by atoms with Crippen molar-refractivity contribution in [3.63, 3.8) is 0 Å². The van der Waals surface area contributed by atoms with Gasteiger partial charge in [0.05, 0.1) is 16.9 Å². The van der Waals surface area contributed by atoms with Gasteiger partial charge in [-0.2, -0.15) is 10.4 Å². The molecule has 2 N–H and O–H groups in total. The van der Waals surface area contributed by atoms with Gasteiger partial charge in [0.1, 0.15) is 17.7 Å². The third-order valence-corrected chi connectivity index (χ3v) is 3.39. The Morgan fingerprint density at radius 3 is 2.50 bits per heavy atom. The fraction of sp³-hybridized carbons (Fsp3) is 0.0588. The zero-order chi connectivity index (χ0) is 15.7. The first-order chi connectivity index (χ1) is 10.6. The topological polar surface area (TPSA) is 67.6 Å². The number of nitrogens with zero attached hydrogens (tertiary/aromatic N) is 3. The summed E-state index contributed by atoms with van der Waals surface area (Å²) in [7, 11) is 0. The number of nitriles is 1. The Morgan fingerprint density at radius 1 is 1.14 bits per heavy atom. The van der Waals surface area contributed by atoms with E-state index in [9.17, 15) is 4.39 Å². The van der Waals surface area contributed by atoms with Gasteiger partial charge in [0.25, 0.3) is 0 Å². The predicted molar refractivity (Wildman–Crippen MR) is 82.8 cm³/mol. The monoisotopic (exact) mass is 292 g/mol. The van der Waals surface area contributed by atoms with Crippen molar-refractivity contribution < 1.29 is 4.39 Å². The molecule has 0 aliphatic heterocycles. The van der Waals surface area contributed by atoms with E-state index in [1.807, 2.05) is 37.3 Å². The number of hydrogen-bond donors (Lipinski definition) is 1. The van der Waals surface area contributed by atoms with Crippen LogP contribution in [0.5, 0.6) is 0 Å². The van der Waals surface area contributed by atoms with Crippen LogP contribution in [0.15, 0.2) is 48.5 Å². The molecule has 3 aromatic rings. The fourth-order valence-electron chi connectivity index (χ4n) is 2.25. The van der Waals surface area contributed by atoms with Gasteiger partial charge >= 0.3 is 0 Å². The van der Waals surface area contributed by atoms with Crippen LogP contribution >= 0.6 is 0 Å². The molecule has 22 heavy (non-hydrogen) atoms. The summed E-state index contributed by atoms with van der Waals surface area (Å²) in [6, 6.07) is 15.7. The molecular weight excluding hydrogens is 279 g/mol. The number of nitrogens with two attached hydrogens (primary N) is 1. The number of nitrogen functional groups attached to an aromatic ring is 1. The van der Waals surface area contributed by atoms with Gasteiger partial charge in [0, 0.05) is 11.6 Å². The minimum Gasteiger partial charge on any atom is -0.382 e. The highest BCUT2D eigenvalue weighted by Crippen LogP contribution is 2.26. The van der Waals surface area contributed by atoms with Crippen molar-refractivity contribution in [3.05, 3.63) is 65.5 Å². The van der Waals surface area contributed by atoms with Crippen LogP contribution in [-0.2, 0) is 0 Å². The summed E-state index contributed by atoms with van der Waals surface area (Å²) in [5.74, 6) is -0.212. The van der Waals surface area contributed by atoms with E-state index < -0.39 is 5.82 Å². The molecule has 0 aliphatic rings. The molecule has 2 aromatic carbocycles. The number of anilines is 1. The first-order valence-corrected chi connectivity index (χ1v) is 6.71. The van der Waals surface area contributed by atoms with Crippen molar-refractivity contribution in [2.24, 2.45) is 0 Å². The van der Waals surface area contributed by atoms with Gasteiger partial charge in [-0.05, 0) is 31.2 Å². The SMILES string of the molecule is Cc1ccc(-n2nc(N)cc2-c2ccc(C#N)c(F)c2)cc1. The Bertz CT molecular complexity index is 873. The van der Waals surface area contributed by atoms with Crippen molar-refractivity contribution in [2.45, 2.75) is 6.92 Å². The van der Waals surface area contributed by atoms with E-state index in [0.29, 0.717) is 17.1 Å². The molecule has 1 heterocycles. The van der Waals surface area contributed by atoms with Crippen molar-refractivity contribution in [1.82, 2.24) is 9.78 Å². The standard InChI is InChI=1S/C17H13FN4/c1-11-2-6-14(7-3-11)22-16(9-17(20)21-22)12-4-5-13(10-19)15(18)8-12/h2-9H,1H3,(H2,20,21). The van der Waals surface area contributed by atoms with E-state index in [2.05, 4.69) is 5.10 Å². The molecule has 0 radical (unpaired) electrons. The number of hydrogen-bond acceptors (Lipinski definition) is 3. The summed E-state index contributed by atoms with van der Waals surface area (Å²) in [4.78, 5) is 0. The van der Waals surface area contributed by atoms with E-state index in [-0.39, 0.29) is 5.56 Å². The van der Waals surface area contributed by atoms with Gasteiger partial charge in [0.15, 0.2) is 0 Å². The second-order valence-corrected chi connectivity index (χ2v) is 5.01. The van der Waals surface area contributed by atoms with E-state index in [0.717, 1.165) is 11.3 Å². The van der Waals surface area contributed by atoms with Gasteiger partial charge in [-0.1, -0.05) is 23.8 Å². The van der Waals surface area contributed by atoms with Crippen LogP contribution in [0.1, 0.15) is 11.1 Å². The summed E-state index contributed by atoms with van der Waals surface area (Å²) in [5, 5.41) is 13.1. The van der Waals surface area contributed by atoms with Crippen LogP contribution in [0.25, 0.3) is 16.9 Å². The van der Waals surface area contributed by atoms with Crippen LogP contribution in [0.3, 0.4) is 0 Å². The summed E-state index contributed by atoms with van der Waals surface area (Å²) in [6.07, 6.45) is 0. The first-order valence-electron chi connectivity index (χ1n) is 6.71. The maximum Gasteiger partial charge on any atom is 0.146 e. The highest BCUT2D eigenvalue weighted by Gasteiger charge is 2.12. The molecule has 0 fully saturated rings. The third kappa shape index (κ3) is 2.42. The molecule has 5 heteroatoms. The van der Waals surface area contributed by atoms with Crippen molar-refractivity contribution in [3.8, 4) is 23.0 Å². The zero-order valence-electron chi connectivity index (χ0n) is 11.9. The van der Waals surface area contributed by atoms with Crippen LogP contribution in [0.2, 0.25) is 0 Å². The molecule has 0 saturated heterocycles. The van der Waals surface area contributed by atoms with Gasteiger partial charge in [-0.3, -0.25) is 0 Å². The lowest BCUT2D eigenvalue weighted by molar-refractivity contribution is 0.624. The lowest BCUT2D eigenvalue weighted by Gasteiger charge is -2.08. The van der Waals surface area contributed by atoms with Gasteiger partial charge in [-0.15, -0.1) is 0 Å². The molecular formula is C17H13FN4. The average Bonchev–Trinajstić information content (AvgIpc) is 2.90. The molecule has 0 atom stereocenters. The third-order valence-electron chi connectivity index (χ3n) is 3.39. The van der Waals surface area contributed by atoms with E-state index in [1.165, 1.54) is 12.1 Å². The number of aryl methyl sites for hydroxylation is 1. The van der Waals surface area contributed by atoms with Crippen LogP contribution in [-0.4, -0.2) is 9.78 Å². The van der Waals surface area contributed by atoms with Crippen LogP contribution < -0.4 is 5.73 Å². The minimum absolute atomic E-state index is 0.0122. The molecule has 0 amide bonds. The number of halogens is 1. The molecule has 0 saturated carbocycles. The highest BCUT2D eigenvalue weighted by atomic mass is 19.1. The van der Waals surface area contributed by atoms with Gasteiger partial charge in [-0.25, -0.2) is 9.07 Å². The Labute approximate surface area is 127 Å². The Balaban J connectivity index is 2.14. The smallest absolute Gasteiger partial charge is 0.146 e. The summed E-state index contributed by atoms with van der Waals surface area (Å²) in [6.45, 7) is 2.00. The molecule has 0 bridgehead atoms. The van der Waals surface area contributed by atoms with Gasteiger partial charge in [0.2, 0.25) is 0 Å². The maximum atomic E-state index is 13.8. The first kappa shape index (κ1) is 13.8. The van der Waals surface area contributed by atoms with E-state index in [1.54, 1.807) is 16.8 Å². The Hall–Kier alpha value is -3.13. The van der Waals surface area contributed by atoms with Crippen molar-refractivity contribution in [1.29, 1.82) is 5.26 Å². The number of aromatic nitrogens is 2. The minimum atomic E-state index is -0.560. The molecule has 0 unspecified atom stereocenters. The van der Waals surface area contributed by atoms with E-state index in [4.69, 9.17) is 11.0 Å². The number of benzene rings is 2. The lowest BCUT2D eigenvalue weighted by atomic mass is 10.1. The van der Waals surface area contributed by atoms with Crippen LogP contribution in [0, 0.1) is 24.1 Å². The quantitative estimate of drug-likeness (QED) is 0.786. The molecule has 0 spiro atoms.